The van der Waals surface area contributed by atoms with E-state index >= 15 is 0 Å². The molecule has 2 heterocycles. The molecule has 2 aromatic rings. The van der Waals surface area contributed by atoms with Crippen molar-refractivity contribution in [2.24, 2.45) is 0 Å². The number of nitrogens with zero attached hydrogens (tertiary/aromatic N) is 3. The molecule has 0 spiro atoms. The summed E-state index contributed by atoms with van der Waals surface area (Å²) >= 11 is 0. The van der Waals surface area contributed by atoms with Gasteiger partial charge in [-0.15, -0.1) is 5.10 Å². The van der Waals surface area contributed by atoms with Gasteiger partial charge < -0.3 is 24.4 Å². The summed E-state index contributed by atoms with van der Waals surface area (Å²) in [5.41, 5.74) is 0.560. The zero-order valence-corrected chi connectivity index (χ0v) is 14.1. The molecule has 1 aliphatic rings. The number of para-hydroxylation sites is 1. The lowest BCUT2D eigenvalue weighted by atomic mass is 10.2. The zero-order valence-electron chi connectivity index (χ0n) is 14.1. The standard InChI is InChI=1S/C17H20N4O4/c1-23-14-6-3-5-13(16(14)24-2)19-17(22)21-10-8-12(11-21)25-15-7-4-9-18-20-15/h3-7,9,12H,8,10-11H2,1-2H3,(H,19,22). The van der Waals surface area contributed by atoms with Crippen molar-refractivity contribution in [1.82, 2.24) is 15.1 Å². The van der Waals surface area contributed by atoms with Gasteiger partial charge in [-0.2, -0.15) is 5.10 Å². The van der Waals surface area contributed by atoms with Crippen molar-refractivity contribution in [3.05, 3.63) is 36.5 Å². The predicted molar refractivity (Wildman–Crippen MR) is 91.2 cm³/mol. The third kappa shape index (κ3) is 3.90. The second-order valence-electron chi connectivity index (χ2n) is 5.51. The highest BCUT2D eigenvalue weighted by Crippen LogP contribution is 2.35. The van der Waals surface area contributed by atoms with Gasteiger partial charge in [0.05, 0.1) is 26.5 Å². The van der Waals surface area contributed by atoms with Gasteiger partial charge in [0.1, 0.15) is 6.10 Å². The minimum absolute atomic E-state index is 0.102. The summed E-state index contributed by atoms with van der Waals surface area (Å²) in [5, 5.41) is 10.5. The topological polar surface area (TPSA) is 85.8 Å². The number of hydrogen-bond acceptors (Lipinski definition) is 6. The number of urea groups is 1. The Morgan fingerprint density at radius 2 is 2.12 bits per heavy atom. The van der Waals surface area contributed by atoms with E-state index in [1.807, 2.05) is 0 Å². The van der Waals surface area contributed by atoms with Gasteiger partial charge in [0.25, 0.3) is 0 Å². The quantitative estimate of drug-likeness (QED) is 0.895. The van der Waals surface area contributed by atoms with Gasteiger partial charge in [-0.05, 0) is 18.2 Å². The molecule has 8 heteroatoms. The van der Waals surface area contributed by atoms with E-state index in [1.165, 1.54) is 7.11 Å². The molecule has 2 amide bonds. The number of methoxy groups -OCH3 is 2. The van der Waals surface area contributed by atoms with Crippen LogP contribution in [0.1, 0.15) is 6.42 Å². The number of anilines is 1. The molecule has 1 unspecified atom stereocenters. The summed E-state index contributed by atoms with van der Waals surface area (Å²) in [6.45, 7) is 1.08. The van der Waals surface area contributed by atoms with Gasteiger partial charge in [-0.1, -0.05) is 6.07 Å². The number of hydrogen-bond donors (Lipinski definition) is 1. The molecule has 25 heavy (non-hydrogen) atoms. The highest BCUT2D eigenvalue weighted by Gasteiger charge is 2.28. The molecule has 1 N–H and O–H groups in total. The number of rotatable bonds is 5. The molecule has 1 aliphatic heterocycles. The summed E-state index contributed by atoms with van der Waals surface area (Å²) in [7, 11) is 3.09. The summed E-state index contributed by atoms with van der Waals surface area (Å²) in [6.07, 6.45) is 2.22. The Bertz CT molecular complexity index is 726. The van der Waals surface area contributed by atoms with E-state index in [0.717, 1.165) is 6.42 Å². The maximum atomic E-state index is 12.5. The number of benzene rings is 1. The first-order chi connectivity index (χ1) is 12.2. The van der Waals surface area contributed by atoms with Crippen molar-refractivity contribution in [3.8, 4) is 17.4 Å². The van der Waals surface area contributed by atoms with Crippen LogP contribution in [0.15, 0.2) is 36.5 Å². The fourth-order valence-corrected chi connectivity index (χ4v) is 2.71. The lowest BCUT2D eigenvalue weighted by Gasteiger charge is -2.19. The van der Waals surface area contributed by atoms with Gasteiger partial charge in [-0.25, -0.2) is 4.79 Å². The van der Waals surface area contributed by atoms with Crippen molar-refractivity contribution in [2.75, 3.05) is 32.6 Å². The second kappa shape index (κ2) is 7.69. The van der Waals surface area contributed by atoms with Crippen molar-refractivity contribution in [2.45, 2.75) is 12.5 Å². The van der Waals surface area contributed by atoms with Crippen LogP contribution in [0.25, 0.3) is 0 Å². The van der Waals surface area contributed by atoms with Crippen LogP contribution in [0.2, 0.25) is 0 Å². The maximum Gasteiger partial charge on any atom is 0.322 e. The lowest BCUT2D eigenvalue weighted by Crippen LogP contribution is -2.34. The molecule has 8 nitrogen and oxygen atoms in total. The first kappa shape index (κ1) is 16.8. The van der Waals surface area contributed by atoms with Crippen LogP contribution in [0, 0.1) is 0 Å². The Morgan fingerprint density at radius 3 is 2.84 bits per heavy atom. The van der Waals surface area contributed by atoms with Gasteiger partial charge in [-0.3, -0.25) is 0 Å². The average Bonchev–Trinajstić information content (AvgIpc) is 3.11. The number of amides is 2. The highest BCUT2D eigenvalue weighted by atomic mass is 16.5. The number of likely N-dealkylation sites (tertiary alicyclic amines) is 1. The average molecular weight is 344 g/mol. The molecule has 0 bridgehead atoms. The summed E-state index contributed by atoms with van der Waals surface area (Å²) in [4.78, 5) is 14.2. The first-order valence-electron chi connectivity index (χ1n) is 7.92. The van der Waals surface area contributed by atoms with E-state index in [9.17, 15) is 4.79 Å². The molecule has 1 saturated heterocycles. The van der Waals surface area contributed by atoms with Crippen LogP contribution in [0.5, 0.6) is 17.4 Å². The smallest absolute Gasteiger partial charge is 0.322 e. The zero-order chi connectivity index (χ0) is 17.6. The van der Waals surface area contributed by atoms with E-state index in [1.54, 1.807) is 48.5 Å². The second-order valence-corrected chi connectivity index (χ2v) is 5.51. The summed E-state index contributed by atoms with van der Waals surface area (Å²) in [5.74, 6) is 1.51. The SMILES string of the molecule is COc1cccc(NC(=O)N2CCC(Oc3cccnn3)C2)c1OC. The Hall–Kier alpha value is -3.03. The van der Waals surface area contributed by atoms with Crippen molar-refractivity contribution in [3.63, 3.8) is 0 Å². The van der Waals surface area contributed by atoms with E-state index in [2.05, 4.69) is 15.5 Å². The molecular weight excluding hydrogens is 324 g/mol. The Balaban J connectivity index is 1.61. The van der Waals surface area contributed by atoms with Crippen LogP contribution in [0.3, 0.4) is 0 Å². The lowest BCUT2D eigenvalue weighted by molar-refractivity contribution is 0.188. The minimum atomic E-state index is -0.211. The third-order valence-corrected chi connectivity index (χ3v) is 3.91. The monoisotopic (exact) mass is 344 g/mol. The molecule has 1 atom stereocenters. The minimum Gasteiger partial charge on any atom is -0.493 e. The molecule has 1 fully saturated rings. The normalized spacial score (nSPS) is 16.4. The van der Waals surface area contributed by atoms with Crippen LogP contribution in [-0.2, 0) is 0 Å². The molecule has 0 saturated carbocycles. The Labute approximate surface area is 145 Å². The van der Waals surface area contributed by atoms with Gasteiger partial charge in [0.15, 0.2) is 11.5 Å². The van der Waals surface area contributed by atoms with E-state index in [4.69, 9.17) is 14.2 Å². The number of nitrogens with one attached hydrogen (secondary N) is 1. The van der Waals surface area contributed by atoms with E-state index in [0.29, 0.717) is 36.2 Å². The summed E-state index contributed by atoms with van der Waals surface area (Å²) < 4.78 is 16.3. The van der Waals surface area contributed by atoms with Gasteiger partial charge >= 0.3 is 6.03 Å². The molecule has 0 aliphatic carbocycles. The fourth-order valence-electron chi connectivity index (χ4n) is 2.71. The number of carbonyl (C=O) groups is 1. The molecule has 1 aromatic carbocycles. The molecular formula is C17H20N4O4. The van der Waals surface area contributed by atoms with Crippen molar-refractivity contribution >= 4 is 11.7 Å². The van der Waals surface area contributed by atoms with Crippen LogP contribution >= 0.6 is 0 Å². The fraction of sp³-hybridized carbons (Fsp3) is 0.353. The summed E-state index contributed by atoms with van der Waals surface area (Å²) in [6, 6.07) is 8.63. The number of ether oxygens (including phenoxy) is 3. The first-order valence-corrected chi connectivity index (χ1v) is 7.92. The number of aromatic nitrogens is 2. The Morgan fingerprint density at radius 1 is 1.24 bits per heavy atom. The van der Waals surface area contributed by atoms with Crippen LogP contribution < -0.4 is 19.5 Å². The van der Waals surface area contributed by atoms with Gasteiger partial charge in [0.2, 0.25) is 5.88 Å². The third-order valence-electron chi connectivity index (χ3n) is 3.91. The molecule has 3 rings (SSSR count). The molecule has 1 aromatic heterocycles. The van der Waals surface area contributed by atoms with Crippen LogP contribution in [0.4, 0.5) is 10.5 Å². The largest absolute Gasteiger partial charge is 0.493 e. The van der Waals surface area contributed by atoms with Gasteiger partial charge in [0, 0.05) is 25.2 Å². The molecule has 132 valence electrons. The maximum absolute atomic E-state index is 12.5. The van der Waals surface area contributed by atoms with E-state index < -0.39 is 0 Å². The van der Waals surface area contributed by atoms with E-state index in [-0.39, 0.29) is 12.1 Å². The highest BCUT2D eigenvalue weighted by molar-refractivity contribution is 5.91. The van der Waals surface area contributed by atoms with Crippen LogP contribution in [-0.4, -0.2) is 54.5 Å². The van der Waals surface area contributed by atoms with Crippen molar-refractivity contribution < 1.29 is 19.0 Å². The van der Waals surface area contributed by atoms with Crippen molar-refractivity contribution in [1.29, 1.82) is 0 Å². The number of carbonyl (C=O) groups excluding carboxylic acids is 1. The predicted octanol–water partition coefficient (Wildman–Crippen LogP) is 2.18. The molecule has 0 radical (unpaired) electrons. The Kier molecular flexibility index (Phi) is 5.17.